The van der Waals surface area contributed by atoms with E-state index in [0.29, 0.717) is 0 Å². The van der Waals surface area contributed by atoms with Crippen LogP contribution in [-0.2, 0) is 4.79 Å². The van der Waals surface area contributed by atoms with E-state index in [1.807, 2.05) is 53.1 Å². The molecule has 140 valence electrons. The zero-order chi connectivity index (χ0) is 19.7. The fraction of sp³-hybridized carbons (Fsp3) is 0.130. The number of rotatable bonds is 5. The number of halogens is 1. The first kappa shape index (κ1) is 18.4. The zero-order valence-corrected chi connectivity index (χ0v) is 16.2. The molecule has 2 aromatic carbocycles. The number of pyridine rings is 1. The molecule has 0 aliphatic carbocycles. The second-order valence-electron chi connectivity index (χ2n) is 6.80. The maximum Gasteiger partial charge on any atom is 0.143 e. The van der Waals surface area contributed by atoms with Crippen LogP contribution in [-0.4, -0.2) is 20.4 Å². The van der Waals surface area contributed by atoms with Crippen LogP contribution < -0.4 is 0 Å². The Morgan fingerprint density at radius 1 is 1.00 bits per heavy atom. The number of hydrogen-bond donors (Lipinski definition) is 1. The molecule has 0 saturated heterocycles. The van der Waals surface area contributed by atoms with Crippen molar-refractivity contribution in [1.82, 2.24) is 9.38 Å². The lowest BCUT2D eigenvalue weighted by molar-refractivity contribution is -0.116. The molecule has 0 N–H and O–H groups in total. The number of nitrogens with zero attached hydrogens (tertiary/aromatic N) is 2. The standard InChI is InChI=1S/C23H19FN2OS/c1-15(27)23(28)21(16-5-3-2-4-6-16)18-9-12-20-22(25-14-26(20)13-18)17-7-10-19(24)11-8-17/h2-14,21,23,28H,1H3. The van der Waals surface area contributed by atoms with E-state index in [4.69, 9.17) is 0 Å². The average Bonchev–Trinajstić information content (AvgIpc) is 3.13. The normalized spacial score (nSPS) is 13.4. The van der Waals surface area contributed by atoms with Crippen molar-refractivity contribution in [3.63, 3.8) is 0 Å². The minimum Gasteiger partial charge on any atom is -0.305 e. The minimum atomic E-state index is -0.444. The van der Waals surface area contributed by atoms with Crippen molar-refractivity contribution in [2.75, 3.05) is 0 Å². The third kappa shape index (κ3) is 3.45. The summed E-state index contributed by atoms with van der Waals surface area (Å²) < 4.78 is 15.2. The molecule has 0 saturated carbocycles. The highest BCUT2D eigenvalue weighted by Crippen LogP contribution is 2.33. The minimum absolute atomic E-state index is 0.0231. The summed E-state index contributed by atoms with van der Waals surface area (Å²) in [7, 11) is 0. The van der Waals surface area contributed by atoms with Crippen LogP contribution in [0.4, 0.5) is 4.39 Å². The van der Waals surface area contributed by atoms with Gasteiger partial charge in [0.05, 0.1) is 22.8 Å². The van der Waals surface area contributed by atoms with Crippen LogP contribution in [0.15, 0.2) is 79.3 Å². The number of carbonyl (C=O) groups is 1. The van der Waals surface area contributed by atoms with Gasteiger partial charge in [0.15, 0.2) is 0 Å². The van der Waals surface area contributed by atoms with Crippen molar-refractivity contribution in [3.05, 3.63) is 96.2 Å². The Balaban J connectivity index is 1.80. The maximum atomic E-state index is 13.2. The quantitative estimate of drug-likeness (QED) is 0.478. The lowest BCUT2D eigenvalue weighted by atomic mass is 9.87. The summed E-state index contributed by atoms with van der Waals surface area (Å²) in [4.78, 5) is 16.6. The summed E-state index contributed by atoms with van der Waals surface area (Å²) in [6, 6.07) is 20.2. The third-order valence-corrected chi connectivity index (χ3v) is 5.58. The largest absolute Gasteiger partial charge is 0.305 e. The number of aromatic nitrogens is 2. The molecular formula is C23H19FN2OS. The number of fused-ring (bicyclic) bond motifs is 1. The summed E-state index contributed by atoms with van der Waals surface area (Å²) in [5, 5.41) is -0.444. The molecule has 3 nitrogen and oxygen atoms in total. The molecule has 28 heavy (non-hydrogen) atoms. The van der Waals surface area contributed by atoms with Crippen LogP contribution in [0.5, 0.6) is 0 Å². The molecule has 0 aliphatic rings. The highest BCUT2D eigenvalue weighted by atomic mass is 32.1. The fourth-order valence-corrected chi connectivity index (χ4v) is 3.83. The van der Waals surface area contributed by atoms with E-state index < -0.39 is 5.25 Å². The number of ketones is 1. The van der Waals surface area contributed by atoms with E-state index >= 15 is 0 Å². The highest BCUT2D eigenvalue weighted by molar-refractivity contribution is 7.81. The number of imidazole rings is 1. The van der Waals surface area contributed by atoms with Gasteiger partial charge in [-0.3, -0.25) is 4.79 Å². The predicted octanol–water partition coefficient (Wildman–Crippen LogP) is 5.16. The van der Waals surface area contributed by atoms with Gasteiger partial charge in [0.1, 0.15) is 11.6 Å². The van der Waals surface area contributed by atoms with Crippen molar-refractivity contribution in [1.29, 1.82) is 0 Å². The predicted molar refractivity (Wildman–Crippen MR) is 112 cm³/mol. The van der Waals surface area contributed by atoms with Gasteiger partial charge < -0.3 is 4.40 Å². The first-order valence-corrected chi connectivity index (χ1v) is 9.52. The molecular weight excluding hydrogens is 371 g/mol. The Hall–Kier alpha value is -2.92. The van der Waals surface area contributed by atoms with Gasteiger partial charge in [0, 0.05) is 17.7 Å². The summed E-state index contributed by atoms with van der Waals surface area (Å²) in [5.74, 6) is -0.415. The van der Waals surface area contributed by atoms with Gasteiger partial charge in [-0.05, 0) is 48.4 Å². The Morgan fingerprint density at radius 2 is 1.71 bits per heavy atom. The summed E-state index contributed by atoms with van der Waals surface area (Å²) in [6.07, 6.45) is 3.72. The van der Waals surface area contributed by atoms with Crippen LogP contribution in [0, 0.1) is 5.82 Å². The average molecular weight is 390 g/mol. The molecule has 0 fully saturated rings. The van der Waals surface area contributed by atoms with Crippen molar-refractivity contribution in [2.24, 2.45) is 0 Å². The van der Waals surface area contributed by atoms with Gasteiger partial charge in [-0.2, -0.15) is 12.6 Å². The Kier molecular flexibility index (Phi) is 5.01. The molecule has 0 amide bonds. The van der Waals surface area contributed by atoms with Gasteiger partial charge in [0.2, 0.25) is 0 Å². The molecule has 0 radical (unpaired) electrons. The molecule has 5 heteroatoms. The summed E-state index contributed by atoms with van der Waals surface area (Å²) in [5.41, 5.74) is 4.58. The van der Waals surface area contributed by atoms with Crippen molar-refractivity contribution in [2.45, 2.75) is 18.1 Å². The smallest absolute Gasteiger partial charge is 0.143 e. The van der Waals surface area contributed by atoms with Crippen molar-refractivity contribution in [3.8, 4) is 11.3 Å². The molecule has 4 aromatic rings. The first-order valence-electron chi connectivity index (χ1n) is 9.00. The van der Waals surface area contributed by atoms with Gasteiger partial charge >= 0.3 is 0 Å². The number of thiol groups is 1. The first-order chi connectivity index (χ1) is 13.5. The van der Waals surface area contributed by atoms with E-state index in [2.05, 4.69) is 17.6 Å². The van der Waals surface area contributed by atoms with Crippen molar-refractivity contribution >= 4 is 23.9 Å². The van der Waals surface area contributed by atoms with Crippen LogP contribution >= 0.6 is 12.6 Å². The van der Waals surface area contributed by atoms with Crippen LogP contribution in [0.25, 0.3) is 16.8 Å². The molecule has 2 heterocycles. The highest BCUT2D eigenvalue weighted by Gasteiger charge is 2.26. The van der Waals surface area contributed by atoms with Gasteiger partial charge in [-0.1, -0.05) is 36.4 Å². The molecule has 0 aliphatic heterocycles. The maximum absolute atomic E-state index is 13.2. The molecule has 2 atom stereocenters. The van der Waals surface area contributed by atoms with E-state index in [0.717, 1.165) is 27.9 Å². The lowest BCUT2D eigenvalue weighted by Crippen LogP contribution is -2.22. The lowest BCUT2D eigenvalue weighted by Gasteiger charge is -2.22. The molecule has 0 spiro atoms. The van der Waals surface area contributed by atoms with E-state index in [-0.39, 0.29) is 17.5 Å². The van der Waals surface area contributed by atoms with Crippen LogP contribution in [0.3, 0.4) is 0 Å². The Labute approximate surface area is 168 Å². The number of hydrogen-bond acceptors (Lipinski definition) is 3. The fourth-order valence-electron chi connectivity index (χ4n) is 3.48. The topological polar surface area (TPSA) is 34.4 Å². The second-order valence-corrected chi connectivity index (χ2v) is 7.36. The summed E-state index contributed by atoms with van der Waals surface area (Å²) in [6.45, 7) is 1.57. The Morgan fingerprint density at radius 3 is 2.39 bits per heavy atom. The van der Waals surface area contributed by atoms with E-state index in [1.165, 1.54) is 12.1 Å². The van der Waals surface area contributed by atoms with Crippen LogP contribution in [0.1, 0.15) is 24.0 Å². The van der Waals surface area contributed by atoms with Crippen molar-refractivity contribution < 1.29 is 9.18 Å². The molecule has 4 rings (SSSR count). The van der Waals surface area contributed by atoms with Gasteiger partial charge in [-0.25, -0.2) is 9.37 Å². The number of benzene rings is 2. The van der Waals surface area contributed by atoms with E-state index in [9.17, 15) is 9.18 Å². The van der Waals surface area contributed by atoms with Crippen LogP contribution in [0.2, 0.25) is 0 Å². The second kappa shape index (κ2) is 7.60. The number of Topliss-reactive ketones (excluding diaryl/α,β-unsaturated/α-hetero) is 1. The summed E-state index contributed by atoms with van der Waals surface area (Å²) >= 11 is 4.60. The monoisotopic (exact) mass is 390 g/mol. The Bertz CT molecular complexity index is 1120. The molecule has 0 bridgehead atoms. The zero-order valence-electron chi connectivity index (χ0n) is 15.3. The molecule has 2 unspecified atom stereocenters. The SMILES string of the molecule is CC(=O)C(S)C(c1ccccc1)c1ccc2c(-c3ccc(F)cc3)ncn2c1. The third-order valence-electron chi connectivity index (χ3n) is 4.92. The molecule has 2 aromatic heterocycles. The van der Waals surface area contributed by atoms with Gasteiger partial charge in [0.25, 0.3) is 0 Å². The van der Waals surface area contributed by atoms with E-state index in [1.54, 1.807) is 25.4 Å². The van der Waals surface area contributed by atoms with Gasteiger partial charge in [-0.15, -0.1) is 0 Å². The number of carbonyl (C=O) groups excluding carboxylic acids is 1.